The fraction of sp³-hybridized carbons (Fsp3) is 1.00. The highest BCUT2D eigenvalue weighted by Crippen LogP contribution is 2.21. The molecule has 2 aliphatic heterocycles. The van der Waals surface area contributed by atoms with E-state index >= 15 is 0 Å². The van der Waals surface area contributed by atoms with Crippen LogP contribution in [0.5, 0.6) is 0 Å². The summed E-state index contributed by atoms with van der Waals surface area (Å²) in [6.07, 6.45) is 5.07. The third-order valence-electron chi connectivity index (χ3n) is 4.59. The molecule has 2 heterocycles. The molecule has 1 atom stereocenters. The molecule has 2 rings (SSSR count). The van der Waals surface area contributed by atoms with Gasteiger partial charge in [-0.1, -0.05) is 0 Å². The van der Waals surface area contributed by atoms with Crippen molar-refractivity contribution in [3.63, 3.8) is 0 Å². The van der Waals surface area contributed by atoms with Gasteiger partial charge < -0.3 is 20.9 Å². The van der Waals surface area contributed by atoms with Crippen LogP contribution in [0.4, 0.5) is 0 Å². The third-order valence-corrected chi connectivity index (χ3v) is 4.59. The summed E-state index contributed by atoms with van der Waals surface area (Å²) < 4.78 is 0. The van der Waals surface area contributed by atoms with Crippen molar-refractivity contribution in [3.8, 4) is 0 Å². The van der Waals surface area contributed by atoms with Gasteiger partial charge in [-0.3, -0.25) is 0 Å². The summed E-state index contributed by atoms with van der Waals surface area (Å²) in [5.41, 5.74) is 6.36. The van der Waals surface area contributed by atoms with Crippen LogP contribution in [0, 0.1) is 5.92 Å². The molecule has 106 valence electrons. The number of nitrogens with zero attached hydrogens (tertiary/aromatic N) is 2. The molecule has 0 aromatic rings. The fourth-order valence-electron chi connectivity index (χ4n) is 3.18. The number of piperidine rings is 1. The van der Waals surface area contributed by atoms with E-state index in [0.717, 1.165) is 19.0 Å². The number of rotatable bonds is 5. The lowest BCUT2D eigenvalue weighted by Crippen LogP contribution is -2.44. The van der Waals surface area contributed by atoms with Gasteiger partial charge in [-0.15, -0.1) is 0 Å². The Bertz CT molecular complexity index is 220. The van der Waals surface area contributed by atoms with Gasteiger partial charge in [0.25, 0.3) is 0 Å². The second-order valence-corrected chi connectivity index (χ2v) is 6.04. The Morgan fingerprint density at radius 1 is 1.17 bits per heavy atom. The van der Waals surface area contributed by atoms with E-state index in [0.29, 0.717) is 6.04 Å². The van der Waals surface area contributed by atoms with Crippen LogP contribution < -0.4 is 11.1 Å². The summed E-state index contributed by atoms with van der Waals surface area (Å²) >= 11 is 0. The quantitative estimate of drug-likeness (QED) is 0.743. The first-order valence-electron chi connectivity index (χ1n) is 7.63. The Morgan fingerprint density at radius 2 is 1.83 bits per heavy atom. The number of nitrogens with one attached hydrogen (secondary N) is 1. The van der Waals surface area contributed by atoms with E-state index in [1.165, 1.54) is 58.4 Å². The normalized spacial score (nSPS) is 26.3. The number of likely N-dealkylation sites (tertiary alicyclic amines) is 1. The number of hydrogen-bond donors (Lipinski definition) is 2. The Balaban J connectivity index is 1.57. The van der Waals surface area contributed by atoms with Gasteiger partial charge in [0.05, 0.1) is 0 Å². The van der Waals surface area contributed by atoms with E-state index in [1.54, 1.807) is 0 Å². The van der Waals surface area contributed by atoms with Gasteiger partial charge in [0.15, 0.2) is 0 Å². The number of nitrogens with two attached hydrogens (primary N) is 1. The lowest BCUT2D eigenvalue weighted by atomic mass is 9.87. The molecule has 18 heavy (non-hydrogen) atoms. The molecule has 0 aromatic heterocycles. The lowest BCUT2D eigenvalue weighted by molar-refractivity contribution is 0.187. The zero-order valence-corrected chi connectivity index (χ0v) is 11.9. The molecule has 2 fully saturated rings. The fourth-order valence-corrected chi connectivity index (χ4v) is 3.18. The maximum Gasteiger partial charge on any atom is 0.0107 e. The second kappa shape index (κ2) is 7.43. The zero-order valence-electron chi connectivity index (χ0n) is 11.9. The van der Waals surface area contributed by atoms with E-state index in [9.17, 15) is 0 Å². The van der Waals surface area contributed by atoms with Gasteiger partial charge in [0, 0.05) is 32.2 Å². The molecule has 2 saturated heterocycles. The molecule has 4 nitrogen and oxygen atoms in total. The van der Waals surface area contributed by atoms with E-state index in [1.807, 2.05) is 0 Å². The van der Waals surface area contributed by atoms with Crippen molar-refractivity contribution in [2.45, 2.75) is 31.7 Å². The molecular weight excluding hydrogens is 224 g/mol. The molecule has 4 heteroatoms. The maximum absolute atomic E-state index is 6.36. The predicted octanol–water partition coefficient (Wildman–Crippen LogP) is 0.341. The molecule has 0 amide bonds. The zero-order chi connectivity index (χ0) is 12.8. The van der Waals surface area contributed by atoms with Crippen molar-refractivity contribution < 1.29 is 0 Å². The van der Waals surface area contributed by atoms with E-state index in [-0.39, 0.29) is 0 Å². The van der Waals surface area contributed by atoms with Crippen LogP contribution in [0.3, 0.4) is 0 Å². The van der Waals surface area contributed by atoms with Crippen LogP contribution in [0.25, 0.3) is 0 Å². The maximum atomic E-state index is 6.36. The predicted molar refractivity (Wildman–Crippen MR) is 76.7 cm³/mol. The molecule has 0 radical (unpaired) electrons. The smallest absolute Gasteiger partial charge is 0.0107 e. The highest BCUT2D eigenvalue weighted by molar-refractivity contribution is 4.79. The molecular formula is C14H30N4. The van der Waals surface area contributed by atoms with Gasteiger partial charge in [-0.2, -0.15) is 0 Å². The van der Waals surface area contributed by atoms with Gasteiger partial charge in [-0.05, 0) is 58.3 Å². The van der Waals surface area contributed by atoms with E-state index in [2.05, 4.69) is 22.2 Å². The monoisotopic (exact) mass is 254 g/mol. The van der Waals surface area contributed by atoms with E-state index in [4.69, 9.17) is 5.73 Å². The third kappa shape index (κ3) is 4.50. The van der Waals surface area contributed by atoms with Gasteiger partial charge in [-0.25, -0.2) is 0 Å². The first kappa shape index (κ1) is 14.3. The topological polar surface area (TPSA) is 44.5 Å². The Morgan fingerprint density at radius 3 is 2.50 bits per heavy atom. The lowest BCUT2D eigenvalue weighted by Gasteiger charge is -2.33. The molecule has 0 aromatic carbocycles. The standard InChI is InChI=1S/C14H30N4/c1-17-9-4-13(5-10-17)14(15)3-2-8-18-11-6-16-7-12-18/h13-14,16H,2-12,15H2,1H3. The van der Waals surface area contributed by atoms with Crippen LogP contribution in [0.2, 0.25) is 0 Å². The number of piperazine rings is 1. The minimum atomic E-state index is 0.432. The first-order valence-corrected chi connectivity index (χ1v) is 7.63. The summed E-state index contributed by atoms with van der Waals surface area (Å²) in [5.74, 6) is 0.768. The van der Waals surface area contributed by atoms with Gasteiger partial charge >= 0.3 is 0 Å². The van der Waals surface area contributed by atoms with Crippen molar-refractivity contribution in [3.05, 3.63) is 0 Å². The molecule has 0 bridgehead atoms. The molecule has 2 aliphatic rings. The Kier molecular flexibility index (Phi) is 5.89. The molecule has 0 aliphatic carbocycles. The van der Waals surface area contributed by atoms with Crippen molar-refractivity contribution >= 4 is 0 Å². The summed E-state index contributed by atoms with van der Waals surface area (Å²) in [7, 11) is 2.21. The summed E-state index contributed by atoms with van der Waals surface area (Å²) in [5, 5.41) is 3.40. The average Bonchev–Trinajstić information content (AvgIpc) is 2.40. The van der Waals surface area contributed by atoms with Crippen molar-refractivity contribution in [1.29, 1.82) is 0 Å². The molecule has 3 N–H and O–H groups in total. The molecule has 0 spiro atoms. The van der Waals surface area contributed by atoms with Gasteiger partial charge in [0.1, 0.15) is 0 Å². The van der Waals surface area contributed by atoms with E-state index < -0.39 is 0 Å². The summed E-state index contributed by atoms with van der Waals surface area (Å²) in [6, 6.07) is 0.432. The summed E-state index contributed by atoms with van der Waals surface area (Å²) in [6.45, 7) is 8.43. The Labute approximate surface area is 112 Å². The minimum absolute atomic E-state index is 0.432. The van der Waals surface area contributed by atoms with Crippen LogP contribution in [-0.2, 0) is 0 Å². The number of hydrogen-bond acceptors (Lipinski definition) is 4. The average molecular weight is 254 g/mol. The second-order valence-electron chi connectivity index (χ2n) is 6.04. The summed E-state index contributed by atoms with van der Waals surface area (Å²) in [4.78, 5) is 4.99. The highest BCUT2D eigenvalue weighted by Gasteiger charge is 2.22. The largest absolute Gasteiger partial charge is 0.327 e. The molecule has 0 saturated carbocycles. The SMILES string of the molecule is CN1CCC(C(N)CCCN2CCNCC2)CC1. The minimum Gasteiger partial charge on any atom is -0.327 e. The van der Waals surface area contributed by atoms with Crippen molar-refractivity contribution in [1.82, 2.24) is 15.1 Å². The highest BCUT2D eigenvalue weighted by atomic mass is 15.2. The van der Waals surface area contributed by atoms with Crippen LogP contribution >= 0.6 is 0 Å². The van der Waals surface area contributed by atoms with Crippen LogP contribution in [0.1, 0.15) is 25.7 Å². The van der Waals surface area contributed by atoms with Gasteiger partial charge in [0.2, 0.25) is 0 Å². The first-order chi connectivity index (χ1) is 8.75. The molecule has 1 unspecified atom stereocenters. The van der Waals surface area contributed by atoms with Crippen molar-refractivity contribution in [2.24, 2.45) is 11.7 Å². The van der Waals surface area contributed by atoms with Crippen LogP contribution in [0.15, 0.2) is 0 Å². The van der Waals surface area contributed by atoms with Crippen LogP contribution in [-0.4, -0.2) is 68.7 Å². The van der Waals surface area contributed by atoms with Crippen molar-refractivity contribution in [2.75, 3.05) is 52.9 Å². The Hall–Kier alpha value is -0.160.